The smallest absolute Gasteiger partial charge is 0.229 e. The topological polar surface area (TPSA) is 58.6 Å². The van der Waals surface area contributed by atoms with E-state index >= 15 is 0 Å². The molecule has 0 aliphatic carbocycles. The lowest BCUT2D eigenvalue weighted by atomic mass is 10.1. The zero-order valence-corrected chi connectivity index (χ0v) is 17.6. The first-order chi connectivity index (χ1) is 12.7. The summed E-state index contributed by atoms with van der Waals surface area (Å²) >= 11 is 0. The molecule has 1 unspecified atom stereocenters. The molecule has 0 spiro atoms. The number of benzene rings is 2. The van der Waals surface area contributed by atoms with Crippen LogP contribution in [-0.2, 0) is 16.4 Å². The van der Waals surface area contributed by atoms with Crippen LogP contribution in [0.1, 0.15) is 23.6 Å². The van der Waals surface area contributed by atoms with Crippen molar-refractivity contribution in [2.24, 2.45) is 0 Å². The fourth-order valence-electron chi connectivity index (χ4n) is 2.84. The monoisotopic (exact) mass is 390 g/mol. The lowest BCUT2D eigenvalue weighted by Gasteiger charge is -2.25. The predicted molar refractivity (Wildman–Crippen MR) is 112 cm³/mol. The SMILES string of the molecule is Cc1cccc(C)c1OCC(C)N(C)CCc1ccc(NS(C)(=O)=O)cc1. The zero-order valence-electron chi connectivity index (χ0n) is 16.8. The van der Waals surface area contributed by atoms with Gasteiger partial charge < -0.3 is 4.74 Å². The van der Waals surface area contributed by atoms with Gasteiger partial charge in [0, 0.05) is 18.3 Å². The molecular weight excluding hydrogens is 360 g/mol. The van der Waals surface area contributed by atoms with Crippen LogP contribution in [0.5, 0.6) is 5.75 Å². The molecule has 27 heavy (non-hydrogen) atoms. The maximum Gasteiger partial charge on any atom is 0.229 e. The summed E-state index contributed by atoms with van der Waals surface area (Å²) in [5, 5.41) is 0. The number of nitrogens with one attached hydrogen (secondary N) is 1. The van der Waals surface area contributed by atoms with Gasteiger partial charge in [-0.25, -0.2) is 8.42 Å². The first-order valence-electron chi connectivity index (χ1n) is 9.11. The predicted octanol–water partition coefficient (Wildman–Crippen LogP) is 3.62. The Balaban J connectivity index is 1.83. The average molecular weight is 391 g/mol. The third kappa shape index (κ3) is 6.88. The highest BCUT2D eigenvalue weighted by Crippen LogP contribution is 2.22. The van der Waals surface area contributed by atoms with Crippen molar-refractivity contribution in [3.05, 3.63) is 59.2 Å². The number of nitrogens with zero attached hydrogens (tertiary/aromatic N) is 1. The van der Waals surface area contributed by atoms with Gasteiger partial charge in [0.2, 0.25) is 10.0 Å². The van der Waals surface area contributed by atoms with Crippen LogP contribution in [0.25, 0.3) is 0 Å². The fourth-order valence-corrected chi connectivity index (χ4v) is 3.40. The van der Waals surface area contributed by atoms with Crippen molar-refractivity contribution in [1.82, 2.24) is 4.90 Å². The summed E-state index contributed by atoms with van der Waals surface area (Å²) in [6, 6.07) is 14.0. The van der Waals surface area contributed by atoms with Gasteiger partial charge in [0.15, 0.2) is 0 Å². The summed E-state index contributed by atoms with van der Waals surface area (Å²) in [4.78, 5) is 2.27. The molecule has 6 heteroatoms. The van der Waals surface area contributed by atoms with Crippen LogP contribution in [0.4, 0.5) is 5.69 Å². The van der Waals surface area contributed by atoms with Gasteiger partial charge in [-0.05, 0) is 63.1 Å². The van der Waals surface area contributed by atoms with Crippen molar-refractivity contribution < 1.29 is 13.2 Å². The molecule has 0 aromatic heterocycles. The Morgan fingerprint density at radius 3 is 2.22 bits per heavy atom. The van der Waals surface area contributed by atoms with Crippen molar-refractivity contribution in [2.45, 2.75) is 33.2 Å². The summed E-state index contributed by atoms with van der Waals surface area (Å²) in [5.41, 5.74) is 4.08. The van der Waals surface area contributed by atoms with E-state index < -0.39 is 10.0 Å². The van der Waals surface area contributed by atoms with Crippen LogP contribution in [-0.4, -0.2) is 45.8 Å². The van der Waals surface area contributed by atoms with Gasteiger partial charge >= 0.3 is 0 Å². The number of ether oxygens (including phenoxy) is 1. The largest absolute Gasteiger partial charge is 0.491 e. The number of aryl methyl sites for hydroxylation is 2. The van der Waals surface area contributed by atoms with E-state index in [0.717, 1.165) is 36.1 Å². The van der Waals surface area contributed by atoms with Crippen LogP contribution < -0.4 is 9.46 Å². The Morgan fingerprint density at radius 2 is 1.67 bits per heavy atom. The number of anilines is 1. The number of hydrogen-bond donors (Lipinski definition) is 1. The molecule has 0 saturated carbocycles. The number of para-hydroxylation sites is 1. The lowest BCUT2D eigenvalue weighted by Crippen LogP contribution is -2.35. The van der Waals surface area contributed by atoms with Crippen LogP contribution in [0.2, 0.25) is 0 Å². The van der Waals surface area contributed by atoms with Crippen LogP contribution in [0.3, 0.4) is 0 Å². The van der Waals surface area contributed by atoms with Gasteiger partial charge in [0.25, 0.3) is 0 Å². The van der Waals surface area contributed by atoms with Gasteiger partial charge in [0.1, 0.15) is 12.4 Å². The molecule has 0 aliphatic rings. The molecule has 0 bridgehead atoms. The summed E-state index contributed by atoms with van der Waals surface area (Å²) in [5.74, 6) is 0.978. The van der Waals surface area contributed by atoms with Crippen LogP contribution >= 0.6 is 0 Å². The van der Waals surface area contributed by atoms with E-state index in [0.29, 0.717) is 12.3 Å². The normalized spacial score (nSPS) is 12.8. The molecule has 0 fully saturated rings. The summed E-state index contributed by atoms with van der Waals surface area (Å²) in [7, 11) is -1.14. The Kier molecular flexibility index (Phi) is 7.27. The second kappa shape index (κ2) is 9.24. The van der Waals surface area contributed by atoms with Gasteiger partial charge in [-0.15, -0.1) is 0 Å². The van der Waals surface area contributed by atoms with Crippen molar-refractivity contribution in [1.29, 1.82) is 0 Å². The minimum absolute atomic E-state index is 0.287. The minimum atomic E-state index is -3.23. The maximum atomic E-state index is 11.3. The minimum Gasteiger partial charge on any atom is -0.491 e. The molecule has 1 N–H and O–H groups in total. The van der Waals surface area contributed by atoms with Crippen molar-refractivity contribution in [3.63, 3.8) is 0 Å². The van der Waals surface area contributed by atoms with E-state index in [-0.39, 0.29) is 6.04 Å². The molecule has 2 aromatic rings. The molecule has 2 rings (SSSR count). The van der Waals surface area contributed by atoms with E-state index in [1.807, 2.05) is 18.2 Å². The van der Waals surface area contributed by atoms with E-state index in [1.54, 1.807) is 12.1 Å². The number of rotatable bonds is 9. The lowest BCUT2D eigenvalue weighted by molar-refractivity contribution is 0.173. The van der Waals surface area contributed by atoms with Crippen molar-refractivity contribution >= 4 is 15.7 Å². The molecular formula is C21H30N2O3S. The third-order valence-corrected chi connectivity index (χ3v) is 5.25. The Hall–Kier alpha value is -2.05. The summed E-state index contributed by atoms with van der Waals surface area (Å²) in [6.07, 6.45) is 2.04. The van der Waals surface area contributed by atoms with E-state index in [1.165, 1.54) is 5.56 Å². The van der Waals surface area contributed by atoms with E-state index in [4.69, 9.17) is 4.74 Å². The van der Waals surface area contributed by atoms with E-state index in [2.05, 4.69) is 49.6 Å². The van der Waals surface area contributed by atoms with E-state index in [9.17, 15) is 8.42 Å². The summed E-state index contributed by atoms with van der Waals surface area (Å²) < 4.78 is 31.0. The second-order valence-corrected chi connectivity index (χ2v) is 8.93. The first-order valence-corrected chi connectivity index (χ1v) is 11.0. The molecule has 5 nitrogen and oxygen atoms in total. The highest BCUT2D eigenvalue weighted by molar-refractivity contribution is 7.92. The standard InChI is InChI=1S/C21H30N2O3S/c1-16-7-6-8-17(2)21(16)26-15-18(3)23(4)14-13-19-9-11-20(12-10-19)22-27(5,24)25/h6-12,18,22H,13-15H2,1-5H3. The summed E-state index contributed by atoms with van der Waals surface area (Å²) in [6.45, 7) is 7.83. The molecule has 148 valence electrons. The fraction of sp³-hybridized carbons (Fsp3) is 0.429. The highest BCUT2D eigenvalue weighted by atomic mass is 32.2. The molecule has 0 amide bonds. The quantitative estimate of drug-likeness (QED) is 0.710. The molecule has 0 saturated heterocycles. The van der Waals surface area contributed by atoms with Crippen molar-refractivity contribution in [2.75, 3.05) is 31.2 Å². The maximum absolute atomic E-state index is 11.3. The molecule has 0 aliphatic heterocycles. The molecule has 0 radical (unpaired) electrons. The van der Waals surface area contributed by atoms with Crippen molar-refractivity contribution in [3.8, 4) is 5.75 Å². The Labute approximate surface area is 163 Å². The number of hydrogen-bond acceptors (Lipinski definition) is 4. The van der Waals surface area contributed by atoms with Gasteiger partial charge in [-0.1, -0.05) is 30.3 Å². The van der Waals surface area contributed by atoms with Gasteiger partial charge in [-0.2, -0.15) is 0 Å². The second-order valence-electron chi connectivity index (χ2n) is 7.18. The number of likely N-dealkylation sites (N-methyl/N-ethyl adjacent to an activating group) is 1. The molecule has 0 heterocycles. The zero-order chi connectivity index (χ0) is 20.0. The van der Waals surface area contributed by atoms with Gasteiger partial charge in [0.05, 0.1) is 6.26 Å². The van der Waals surface area contributed by atoms with Crippen LogP contribution in [0, 0.1) is 13.8 Å². The highest BCUT2D eigenvalue weighted by Gasteiger charge is 2.12. The van der Waals surface area contributed by atoms with Crippen LogP contribution in [0.15, 0.2) is 42.5 Å². The number of sulfonamides is 1. The average Bonchev–Trinajstić information content (AvgIpc) is 2.59. The first kappa shape index (κ1) is 21.3. The third-order valence-electron chi connectivity index (χ3n) is 4.64. The molecule has 2 aromatic carbocycles. The Morgan fingerprint density at radius 1 is 1.07 bits per heavy atom. The Bertz CT molecular complexity index is 828. The molecule has 1 atom stereocenters. The van der Waals surface area contributed by atoms with Gasteiger partial charge in [-0.3, -0.25) is 9.62 Å².